The van der Waals surface area contributed by atoms with Crippen LogP contribution in [0.4, 0.5) is 0 Å². The quantitative estimate of drug-likeness (QED) is 0.247. The molecule has 126 valence electrons. The van der Waals surface area contributed by atoms with Crippen molar-refractivity contribution in [3.05, 3.63) is 34.9 Å². The summed E-state index contributed by atoms with van der Waals surface area (Å²) in [7, 11) is -1.49. The van der Waals surface area contributed by atoms with Crippen molar-refractivity contribution in [3.63, 3.8) is 0 Å². The molecule has 3 N–H and O–H groups in total. The fraction of sp³-hybridized carbons (Fsp3) is 0.462. The molecule has 0 aliphatic carbocycles. The molecule has 0 aliphatic rings. The summed E-state index contributed by atoms with van der Waals surface area (Å²) >= 11 is 6.08. The average Bonchev–Trinajstić information content (AvgIpc) is 2.42. The Labute approximate surface area is 154 Å². The molecule has 0 fully saturated rings. The van der Waals surface area contributed by atoms with Crippen LogP contribution in [-0.2, 0) is 16.4 Å². The van der Waals surface area contributed by atoms with Gasteiger partial charge in [-0.2, -0.15) is 0 Å². The maximum atomic E-state index is 10.9. The van der Waals surface area contributed by atoms with Crippen molar-refractivity contribution in [3.8, 4) is 0 Å². The van der Waals surface area contributed by atoms with Gasteiger partial charge in [0.1, 0.15) is 0 Å². The van der Waals surface area contributed by atoms with Crippen LogP contribution in [0.3, 0.4) is 0 Å². The number of hydrogen-bond donors (Lipinski definition) is 3. The second kappa shape index (κ2) is 11.0. The van der Waals surface area contributed by atoms with E-state index in [2.05, 4.69) is 20.3 Å². The summed E-state index contributed by atoms with van der Waals surface area (Å²) in [4.78, 5) is 4.06. The second-order valence-corrected chi connectivity index (χ2v) is 6.67. The van der Waals surface area contributed by atoms with E-state index in [1.807, 2.05) is 24.3 Å². The van der Waals surface area contributed by atoms with E-state index in [4.69, 9.17) is 11.6 Å². The van der Waals surface area contributed by atoms with E-state index < -0.39 is 10.0 Å². The lowest BCUT2D eigenvalue weighted by molar-refractivity contribution is 0.586. The molecule has 9 heteroatoms. The first-order valence-electron chi connectivity index (χ1n) is 6.55. The SMILES string of the molecule is CN=C(NCCNS(C)(=O)=O)NCCc1ccccc1Cl.I. The van der Waals surface area contributed by atoms with Crippen LogP contribution in [0.2, 0.25) is 5.02 Å². The highest BCUT2D eigenvalue weighted by Crippen LogP contribution is 2.14. The number of halogens is 2. The third-order valence-corrected chi connectivity index (χ3v) is 3.75. The highest BCUT2D eigenvalue weighted by Gasteiger charge is 2.02. The van der Waals surface area contributed by atoms with Gasteiger partial charge in [0.25, 0.3) is 0 Å². The molecule has 0 unspecified atom stereocenters. The van der Waals surface area contributed by atoms with Crippen molar-refractivity contribution in [2.24, 2.45) is 4.99 Å². The van der Waals surface area contributed by atoms with E-state index in [9.17, 15) is 8.42 Å². The Morgan fingerprint density at radius 3 is 2.41 bits per heavy atom. The summed E-state index contributed by atoms with van der Waals surface area (Å²) in [5, 5.41) is 6.92. The van der Waals surface area contributed by atoms with Crippen LogP contribution in [-0.4, -0.2) is 47.3 Å². The number of sulfonamides is 1. The van der Waals surface area contributed by atoms with Gasteiger partial charge in [-0.15, -0.1) is 24.0 Å². The summed E-state index contributed by atoms with van der Waals surface area (Å²) in [6, 6.07) is 7.69. The first-order valence-corrected chi connectivity index (χ1v) is 8.82. The van der Waals surface area contributed by atoms with Gasteiger partial charge in [0, 0.05) is 31.7 Å². The van der Waals surface area contributed by atoms with Crippen LogP contribution in [0.15, 0.2) is 29.3 Å². The maximum Gasteiger partial charge on any atom is 0.208 e. The van der Waals surface area contributed by atoms with Gasteiger partial charge in [0.15, 0.2) is 5.96 Å². The van der Waals surface area contributed by atoms with Crippen LogP contribution < -0.4 is 15.4 Å². The molecule has 0 saturated heterocycles. The number of benzene rings is 1. The predicted octanol–water partition coefficient (Wildman–Crippen LogP) is 1.21. The molecular weight excluding hydrogens is 439 g/mol. The first-order chi connectivity index (χ1) is 9.92. The van der Waals surface area contributed by atoms with E-state index in [0.29, 0.717) is 25.6 Å². The molecule has 1 aromatic rings. The van der Waals surface area contributed by atoms with Crippen LogP contribution in [0.25, 0.3) is 0 Å². The summed E-state index contributed by atoms with van der Waals surface area (Å²) in [6.45, 7) is 1.45. The minimum atomic E-state index is -3.15. The average molecular weight is 461 g/mol. The van der Waals surface area contributed by atoms with Gasteiger partial charge >= 0.3 is 0 Å². The molecule has 0 amide bonds. The Balaban J connectivity index is 0.00000441. The lowest BCUT2D eigenvalue weighted by Crippen LogP contribution is -2.42. The minimum Gasteiger partial charge on any atom is -0.356 e. The molecule has 0 bridgehead atoms. The lowest BCUT2D eigenvalue weighted by atomic mass is 10.1. The van der Waals surface area contributed by atoms with Crippen LogP contribution in [0.1, 0.15) is 5.56 Å². The number of nitrogens with one attached hydrogen (secondary N) is 3. The highest BCUT2D eigenvalue weighted by molar-refractivity contribution is 14.0. The summed E-state index contributed by atoms with van der Waals surface area (Å²) in [5.41, 5.74) is 1.07. The molecular formula is C13H22ClIN4O2S. The third kappa shape index (κ3) is 9.44. The smallest absolute Gasteiger partial charge is 0.208 e. The molecule has 0 aliphatic heterocycles. The molecule has 1 aromatic carbocycles. The Morgan fingerprint density at radius 1 is 1.18 bits per heavy atom. The molecule has 0 aromatic heterocycles. The highest BCUT2D eigenvalue weighted by atomic mass is 127. The molecule has 6 nitrogen and oxygen atoms in total. The summed E-state index contributed by atoms with van der Waals surface area (Å²) < 4.78 is 24.2. The van der Waals surface area contributed by atoms with Crippen LogP contribution in [0, 0.1) is 0 Å². The van der Waals surface area contributed by atoms with Gasteiger partial charge in [-0.05, 0) is 18.1 Å². The van der Waals surface area contributed by atoms with Crippen molar-refractivity contribution in [1.29, 1.82) is 0 Å². The lowest BCUT2D eigenvalue weighted by Gasteiger charge is -2.12. The molecule has 22 heavy (non-hydrogen) atoms. The van der Waals surface area contributed by atoms with Crippen molar-refractivity contribution in [2.45, 2.75) is 6.42 Å². The second-order valence-electron chi connectivity index (χ2n) is 4.43. The molecule has 0 atom stereocenters. The normalized spacial score (nSPS) is 11.7. The van der Waals surface area contributed by atoms with Crippen molar-refractivity contribution >= 4 is 51.6 Å². The fourth-order valence-corrected chi connectivity index (χ4v) is 2.36. The summed E-state index contributed by atoms with van der Waals surface area (Å²) in [5.74, 6) is 0.623. The van der Waals surface area contributed by atoms with Gasteiger partial charge in [0.05, 0.1) is 6.26 Å². The predicted molar refractivity (Wildman–Crippen MR) is 103 cm³/mol. The van der Waals surface area contributed by atoms with Gasteiger partial charge in [0.2, 0.25) is 10.0 Å². The zero-order valence-electron chi connectivity index (χ0n) is 12.6. The molecule has 1 rings (SSSR count). The molecule has 0 spiro atoms. The Hall–Kier alpha value is -0.580. The maximum absolute atomic E-state index is 10.9. The minimum absolute atomic E-state index is 0. The van der Waals surface area contributed by atoms with E-state index >= 15 is 0 Å². The number of rotatable bonds is 7. The Kier molecular flexibility index (Phi) is 10.7. The van der Waals surface area contributed by atoms with Crippen molar-refractivity contribution < 1.29 is 8.42 Å². The molecule has 0 heterocycles. The van der Waals surface area contributed by atoms with Gasteiger partial charge < -0.3 is 10.6 Å². The summed E-state index contributed by atoms with van der Waals surface area (Å²) in [6.07, 6.45) is 1.91. The topological polar surface area (TPSA) is 82.6 Å². The van der Waals surface area contributed by atoms with E-state index in [0.717, 1.165) is 23.3 Å². The van der Waals surface area contributed by atoms with E-state index in [1.165, 1.54) is 0 Å². The Morgan fingerprint density at radius 2 is 1.82 bits per heavy atom. The first kappa shape index (κ1) is 21.4. The van der Waals surface area contributed by atoms with Crippen molar-refractivity contribution in [1.82, 2.24) is 15.4 Å². The Bertz CT molecular complexity index is 581. The largest absolute Gasteiger partial charge is 0.356 e. The fourth-order valence-electron chi connectivity index (χ4n) is 1.65. The van der Waals surface area contributed by atoms with Gasteiger partial charge in [-0.1, -0.05) is 29.8 Å². The zero-order chi connectivity index (χ0) is 15.7. The number of aliphatic imine (C=N–C) groups is 1. The number of guanidine groups is 1. The van der Waals surface area contributed by atoms with Crippen molar-refractivity contribution in [2.75, 3.05) is 32.9 Å². The standard InChI is InChI=1S/C13H21ClN4O2S.HI/c1-15-13(17-9-10-18-21(2,19)20)16-8-7-11-5-3-4-6-12(11)14;/h3-6,18H,7-10H2,1-2H3,(H2,15,16,17);1H. The third-order valence-electron chi connectivity index (χ3n) is 2.65. The number of nitrogens with zero attached hydrogens (tertiary/aromatic N) is 1. The molecule has 0 saturated carbocycles. The van der Waals surface area contributed by atoms with Crippen LogP contribution in [0.5, 0.6) is 0 Å². The van der Waals surface area contributed by atoms with Crippen LogP contribution >= 0.6 is 35.6 Å². The van der Waals surface area contributed by atoms with E-state index in [1.54, 1.807) is 7.05 Å². The van der Waals surface area contributed by atoms with Gasteiger partial charge in [-0.3, -0.25) is 4.99 Å². The number of hydrogen-bond acceptors (Lipinski definition) is 3. The van der Waals surface area contributed by atoms with Gasteiger partial charge in [-0.25, -0.2) is 13.1 Å². The monoisotopic (exact) mass is 460 g/mol. The zero-order valence-corrected chi connectivity index (χ0v) is 16.5. The van der Waals surface area contributed by atoms with E-state index in [-0.39, 0.29) is 24.0 Å². The molecule has 0 radical (unpaired) electrons.